The van der Waals surface area contributed by atoms with Crippen LogP contribution in [-0.4, -0.2) is 79.6 Å². The Labute approximate surface area is 133 Å². The van der Waals surface area contributed by atoms with E-state index in [-0.39, 0.29) is 12.5 Å². The first-order chi connectivity index (χ1) is 10.0. The Morgan fingerprint density at radius 2 is 1.04 bits per heavy atom. The molecule has 0 aliphatic carbocycles. The maximum atomic E-state index is 9.92. The molecule has 17 nitrogen and oxygen atoms in total. The number of hydrogen-bond acceptors (Lipinski definition) is 5. The van der Waals surface area contributed by atoms with E-state index in [1.54, 1.807) is 0 Å². The van der Waals surface area contributed by atoms with Gasteiger partial charge in [0.15, 0.2) is 5.96 Å². The number of nitrogens with two attached hydrogens (primary N) is 1. The fraction of sp³-hybridized carbons (Fsp3) is 0.500. The van der Waals surface area contributed by atoms with Gasteiger partial charge in [0.2, 0.25) is 0 Å². The lowest BCUT2D eigenvalue weighted by Crippen LogP contribution is -2.36. The number of nitrogens with one attached hydrogen (secondary N) is 1. The maximum Gasteiger partial charge on any atom is 0.466 e. The molecule has 0 bridgehead atoms. The second-order valence-electron chi connectivity index (χ2n) is 3.17. The smallest absolute Gasteiger partial charge is 0.466 e. The number of likely N-dealkylation sites (N-methyl/N-ethyl adjacent to an activating group) is 1. The number of phosphoric acid groups is 3. The average Bonchev–Trinajstić information content (AvgIpc) is 2.06. The number of hydrogen-bond donors (Lipinski definition) is 12. The molecule has 20 heteroatoms. The zero-order chi connectivity index (χ0) is 20.9. The van der Waals surface area contributed by atoms with E-state index in [1.165, 1.54) is 7.05 Å². The van der Waals surface area contributed by atoms with Crippen molar-refractivity contribution >= 4 is 35.4 Å². The van der Waals surface area contributed by atoms with Gasteiger partial charge in [-0.3, -0.25) is 10.2 Å². The Morgan fingerprint density at radius 1 is 0.875 bits per heavy atom. The van der Waals surface area contributed by atoms with Crippen LogP contribution in [0.4, 0.5) is 0 Å². The molecule has 148 valence electrons. The molecule has 0 amide bonds. The van der Waals surface area contributed by atoms with Gasteiger partial charge in [0.05, 0.1) is 0 Å². The summed E-state index contributed by atoms with van der Waals surface area (Å²) in [4.78, 5) is 75.7. The molecule has 0 aliphatic rings. The summed E-state index contributed by atoms with van der Waals surface area (Å²) in [6, 6.07) is 0. The van der Waals surface area contributed by atoms with Crippen LogP contribution in [0.25, 0.3) is 0 Å². The van der Waals surface area contributed by atoms with Gasteiger partial charge in [0.1, 0.15) is 6.54 Å². The summed E-state index contributed by atoms with van der Waals surface area (Å²) in [5.74, 6) is -1.23. The first kappa shape index (κ1) is 30.9. The third-order valence-corrected chi connectivity index (χ3v) is 0.784. The summed E-state index contributed by atoms with van der Waals surface area (Å²) >= 11 is 0. The number of nitrogens with zero attached hydrogens (tertiary/aromatic N) is 1. The summed E-state index contributed by atoms with van der Waals surface area (Å²) in [6.07, 6.45) is 0. The van der Waals surface area contributed by atoms with Crippen LogP contribution in [0.3, 0.4) is 0 Å². The topological polar surface area (TPSA) is 324 Å². The van der Waals surface area contributed by atoms with Crippen molar-refractivity contribution in [1.29, 1.82) is 5.41 Å². The SMILES string of the molecule is CN(CC(=O)O)C(=N)N.O=P(O)(O)O.O=P(O)(O)O.O=P(O)(O)O. The molecule has 0 aromatic heterocycles. The molecule has 0 aromatic carbocycles. The van der Waals surface area contributed by atoms with Crippen LogP contribution in [0, 0.1) is 5.41 Å². The Balaban J connectivity index is -0.000000116. The quantitative estimate of drug-likeness (QED) is 0.114. The Morgan fingerprint density at radius 3 is 1.08 bits per heavy atom. The first-order valence-corrected chi connectivity index (χ1v) is 9.35. The van der Waals surface area contributed by atoms with Gasteiger partial charge in [-0.25, -0.2) is 13.7 Å². The molecule has 24 heavy (non-hydrogen) atoms. The number of carboxylic acids is 1. The predicted molar refractivity (Wildman–Crippen MR) is 75.0 cm³/mol. The van der Waals surface area contributed by atoms with Gasteiger partial charge < -0.3 is 59.8 Å². The minimum absolute atomic E-state index is 0.227. The Bertz CT molecular complexity index is 431. The van der Waals surface area contributed by atoms with Gasteiger partial charge in [-0.2, -0.15) is 0 Å². The highest BCUT2D eigenvalue weighted by Gasteiger charge is 2.03. The fourth-order valence-electron chi connectivity index (χ4n) is 0.288. The molecule has 0 aromatic rings. The van der Waals surface area contributed by atoms with Crippen LogP contribution in [0.1, 0.15) is 0 Å². The van der Waals surface area contributed by atoms with E-state index in [4.69, 9.17) is 74.0 Å². The largest absolute Gasteiger partial charge is 0.480 e. The molecule has 13 N–H and O–H groups in total. The Kier molecular flexibility index (Phi) is 17.2. The molecule has 0 saturated carbocycles. The average molecular weight is 425 g/mol. The van der Waals surface area contributed by atoms with E-state index in [0.717, 1.165) is 4.90 Å². The predicted octanol–water partition coefficient (Wildman–Crippen LogP) is -3.89. The van der Waals surface area contributed by atoms with E-state index < -0.39 is 29.4 Å². The van der Waals surface area contributed by atoms with Crippen molar-refractivity contribution in [2.24, 2.45) is 5.73 Å². The maximum absolute atomic E-state index is 9.92. The minimum Gasteiger partial charge on any atom is -0.480 e. The number of aliphatic carboxylic acids is 1. The molecule has 0 heterocycles. The molecule has 0 spiro atoms. The zero-order valence-electron chi connectivity index (χ0n) is 11.7. The number of rotatable bonds is 2. The molecule has 0 aliphatic heterocycles. The lowest BCUT2D eigenvalue weighted by molar-refractivity contribution is -0.137. The van der Waals surface area contributed by atoms with Gasteiger partial charge in [0.25, 0.3) is 0 Å². The van der Waals surface area contributed by atoms with Crippen molar-refractivity contribution < 1.29 is 67.6 Å². The number of carboxylic acid groups (broad SMARTS) is 1. The Hall–Kier alpha value is -0.930. The third kappa shape index (κ3) is 170. The molecule has 0 atom stereocenters. The molecule has 0 saturated heterocycles. The third-order valence-electron chi connectivity index (χ3n) is 0.784. The monoisotopic (exact) mass is 425 g/mol. The highest BCUT2D eigenvalue weighted by molar-refractivity contribution is 7.45. The molecule has 0 rings (SSSR count). The number of carbonyl (C=O) groups is 1. The van der Waals surface area contributed by atoms with Crippen LogP contribution in [-0.2, 0) is 18.5 Å². The van der Waals surface area contributed by atoms with Gasteiger partial charge in [0, 0.05) is 7.05 Å². The number of guanidine groups is 1. The second-order valence-corrected chi connectivity index (χ2v) is 6.25. The van der Waals surface area contributed by atoms with E-state index in [0.29, 0.717) is 0 Å². The highest BCUT2D eigenvalue weighted by Crippen LogP contribution is 2.26. The van der Waals surface area contributed by atoms with Crippen LogP contribution in [0.15, 0.2) is 0 Å². The standard InChI is InChI=1S/C4H9N3O2.3H3O4P/c1-7(4(5)6)2-3(8)9;3*1-5(2,3)4/h2H2,1H3,(H3,5,6)(H,8,9);3*(H3,1,2,3,4). The zero-order valence-corrected chi connectivity index (χ0v) is 14.4. The van der Waals surface area contributed by atoms with Crippen molar-refractivity contribution in [3.8, 4) is 0 Å². The summed E-state index contributed by atoms with van der Waals surface area (Å²) in [7, 11) is -12.5. The van der Waals surface area contributed by atoms with Crippen molar-refractivity contribution in [2.45, 2.75) is 0 Å². The van der Waals surface area contributed by atoms with Crippen LogP contribution < -0.4 is 5.73 Å². The van der Waals surface area contributed by atoms with Gasteiger partial charge >= 0.3 is 29.4 Å². The normalized spacial score (nSPS) is 10.6. The fourth-order valence-corrected chi connectivity index (χ4v) is 0.288. The van der Waals surface area contributed by atoms with Crippen LogP contribution >= 0.6 is 23.5 Å². The summed E-state index contributed by atoms with van der Waals surface area (Å²) < 4.78 is 26.6. The molecular formula is C4H18N3O14P3. The van der Waals surface area contributed by atoms with Gasteiger partial charge in [-0.05, 0) is 0 Å². The van der Waals surface area contributed by atoms with Crippen molar-refractivity contribution in [1.82, 2.24) is 4.90 Å². The van der Waals surface area contributed by atoms with E-state index >= 15 is 0 Å². The first-order valence-electron chi connectivity index (χ1n) is 4.65. The van der Waals surface area contributed by atoms with E-state index in [1.807, 2.05) is 0 Å². The molecule has 0 fully saturated rings. The second kappa shape index (κ2) is 13.4. The lowest BCUT2D eigenvalue weighted by Gasteiger charge is -2.12. The van der Waals surface area contributed by atoms with Gasteiger partial charge in [-0.15, -0.1) is 0 Å². The molecule has 0 unspecified atom stereocenters. The lowest BCUT2D eigenvalue weighted by atomic mass is 10.6. The van der Waals surface area contributed by atoms with Crippen molar-refractivity contribution in [3.63, 3.8) is 0 Å². The summed E-state index contributed by atoms with van der Waals surface area (Å²) in [5.41, 5.74) is 4.93. The summed E-state index contributed by atoms with van der Waals surface area (Å²) in [6.45, 7) is -0.227. The molecule has 0 radical (unpaired) electrons. The van der Waals surface area contributed by atoms with Crippen molar-refractivity contribution in [2.75, 3.05) is 13.6 Å². The van der Waals surface area contributed by atoms with Gasteiger partial charge in [-0.1, -0.05) is 0 Å². The van der Waals surface area contributed by atoms with Crippen LogP contribution in [0.2, 0.25) is 0 Å². The van der Waals surface area contributed by atoms with Crippen LogP contribution in [0.5, 0.6) is 0 Å². The van der Waals surface area contributed by atoms with Crippen molar-refractivity contribution in [3.05, 3.63) is 0 Å². The highest BCUT2D eigenvalue weighted by atomic mass is 31.2. The summed E-state index contributed by atoms with van der Waals surface area (Å²) in [5, 5.41) is 14.9. The minimum atomic E-state index is -4.64. The molecular weight excluding hydrogens is 407 g/mol. The van der Waals surface area contributed by atoms with E-state index in [2.05, 4.69) is 0 Å². The van der Waals surface area contributed by atoms with E-state index in [9.17, 15) is 4.79 Å².